The molecule has 1 unspecified atom stereocenters. The number of rotatable bonds is 4. The van der Waals surface area contributed by atoms with Gasteiger partial charge in [-0.3, -0.25) is 4.90 Å². The normalized spacial score (nSPS) is 20.9. The van der Waals surface area contributed by atoms with Crippen molar-refractivity contribution in [2.75, 3.05) is 13.1 Å². The van der Waals surface area contributed by atoms with Gasteiger partial charge in [0.15, 0.2) is 0 Å². The maximum atomic E-state index is 10.8. The van der Waals surface area contributed by atoms with E-state index in [0.29, 0.717) is 0 Å². The third-order valence-electron chi connectivity index (χ3n) is 3.57. The van der Waals surface area contributed by atoms with E-state index in [0.717, 1.165) is 36.9 Å². The van der Waals surface area contributed by atoms with Gasteiger partial charge in [0.2, 0.25) is 5.76 Å². The number of carbonyl (C=O) groups is 1. The summed E-state index contributed by atoms with van der Waals surface area (Å²) in [7, 11) is 0. The van der Waals surface area contributed by atoms with Gasteiger partial charge in [0.25, 0.3) is 0 Å². The second-order valence-corrected chi connectivity index (χ2v) is 4.80. The van der Waals surface area contributed by atoms with Gasteiger partial charge in [-0.2, -0.15) is 0 Å². The van der Waals surface area contributed by atoms with Gasteiger partial charge in [-0.25, -0.2) is 4.79 Å². The average molecular weight is 237 g/mol. The molecular formula is C13H19NO3. The second-order valence-electron chi connectivity index (χ2n) is 4.80. The molecule has 1 N–H and O–H groups in total. The molecule has 1 aromatic heterocycles. The number of carboxylic acid groups (broad SMARTS) is 1. The zero-order valence-corrected chi connectivity index (χ0v) is 10.4. The number of hydrogen-bond acceptors (Lipinski definition) is 3. The van der Waals surface area contributed by atoms with Crippen molar-refractivity contribution in [3.63, 3.8) is 0 Å². The first-order valence-corrected chi connectivity index (χ1v) is 6.15. The predicted molar refractivity (Wildman–Crippen MR) is 64.1 cm³/mol. The highest BCUT2D eigenvalue weighted by Gasteiger charge is 2.22. The molecule has 1 saturated heterocycles. The lowest BCUT2D eigenvalue weighted by Gasteiger charge is -2.14. The summed E-state index contributed by atoms with van der Waals surface area (Å²) in [5.41, 5.74) is 0.999. The lowest BCUT2D eigenvalue weighted by atomic mass is 10.1. The highest BCUT2D eigenvalue weighted by molar-refractivity contribution is 5.84. The number of nitrogens with zero attached hydrogens (tertiary/aromatic N) is 1. The number of carboxylic acids is 1. The van der Waals surface area contributed by atoms with Crippen molar-refractivity contribution < 1.29 is 14.3 Å². The summed E-state index contributed by atoms with van der Waals surface area (Å²) in [6.07, 6.45) is 2.47. The van der Waals surface area contributed by atoms with Gasteiger partial charge in [-0.1, -0.05) is 13.3 Å². The Balaban J connectivity index is 2.01. The van der Waals surface area contributed by atoms with E-state index in [-0.39, 0.29) is 5.76 Å². The van der Waals surface area contributed by atoms with Crippen LogP contribution in [0.1, 0.15) is 41.6 Å². The van der Waals surface area contributed by atoms with Gasteiger partial charge in [-0.15, -0.1) is 0 Å². The summed E-state index contributed by atoms with van der Waals surface area (Å²) < 4.78 is 5.21. The molecular weight excluding hydrogens is 218 g/mol. The second kappa shape index (κ2) is 4.92. The summed E-state index contributed by atoms with van der Waals surface area (Å²) in [5.74, 6) is 0.569. The molecule has 0 spiro atoms. The van der Waals surface area contributed by atoms with Crippen LogP contribution in [0.15, 0.2) is 10.5 Å². The van der Waals surface area contributed by atoms with Crippen LogP contribution < -0.4 is 0 Å². The largest absolute Gasteiger partial charge is 0.475 e. The van der Waals surface area contributed by atoms with Crippen molar-refractivity contribution >= 4 is 5.97 Å². The van der Waals surface area contributed by atoms with E-state index in [2.05, 4.69) is 11.8 Å². The zero-order chi connectivity index (χ0) is 12.4. The monoisotopic (exact) mass is 237 g/mol. The van der Waals surface area contributed by atoms with E-state index in [4.69, 9.17) is 9.52 Å². The molecule has 0 bridgehead atoms. The first-order valence-electron chi connectivity index (χ1n) is 6.15. The fourth-order valence-electron chi connectivity index (χ4n) is 2.41. The molecule has 0 saturated carbocycles. The Morgan fingerprint density at radius 1 is 1.65 bits per heavy atom. The van der Waals surface area contributed by atoms with Gasteiger partial charge in [0.05, 0.1) is 0 Å². The molecule has 17 heavy (non-hydrogen) atoms. The Kier molecular flexibility index (Phi) is 3.52. The van der Waals surface area contributed by atoms with E-state index in [1.165, 1.54) is 12.8 Å². The Morgan fingerprint density at radius 2 is 2.41 bits per heavy atom. The van der Waals surface area contributed by atoms with Crippen molar-refractivity contribution in [1.29, 1.82) is 0 Å². The van der Waals surface area contributed by atoms with Crippen molar-refractivity contribution in [3.8, 4) is 0 Å². The summed E-state index contributed by atoms with van der Waals surface area (Å²) in [4.78, 5) is 13.2. The van der Waals surface area contributed by atoms with Crippen LogP contribution in [0.2, 0.25) is 0 Å². The van der Waals surface area contributed by atoms with Crippen molar-refractivity contribution in [3.05, 3.63) is 23.2 Å². The lowest BCUT2D eigenvalue weighted by Crippen LogP contribution is -2.20. The van der Waals surface area contributed by atoms with E-state index >= 15 is 0 Å². The minimum atomic E-state index is -0.993. The fraction of sp³-hybridized carbons (Fsp3) is 0.615. The standard InChI is InChI=1S/C13H19NO3/c1-3-10-4-5-14(7-10)8-11-6-12(13(15)16)17-9(11)2/h6,10H,3-5,7-8H2,1-2H3,(H,15,16). The van der Waals surface area contributed by atoms with Crippen LogP contribution in [0, 0.1) is 12.8 Å². The number of furan rings is 1. The molecule has 1 fully saturated rings. The summed E-state index contributed by atoms with van der Waals surface area (Å²) in [6.45, 7) is 7.07. The molecule has 0 amide bonds. The van der Waals surface area contributed by atoms with Gasteiger partial charge in [0.1, 0.15) is 5.76 Å². The van der Waals surface area contributed by atoms with Crippen molar-refractivity contribution in [1.82, 2.24) is 4.90 Å². The highest BCUT2D eigenvalue weighted by Crippen LogP contribution is 2.23. The van der Waals surface area contributed by atoms with Gasteiger partial charge < -0.3 is 9.52 Å². The Morgan fingerprint density at radius 3 is 2.94 bits per heavy atom. The van der Waals surface area contributed by atoms with Crippen molar-refractivity contribution in [2.45, 2.75) is 33.2 Å². The molecule has 1 aliphatic rings. The van der Waals surface area contributed by atoms with Gasteiger partial charge in [-0.05, 0) is 31.9 Å². The molecule has 2 rings (SSSR count). The quantitative estimate of drug-likeness (QED) is 0.874. The summed E-state index contributed by atoms with van der Waals surface area (Å²) in [5, 5.41) is 8.86. The van der Waals surface area contributed by atoms with Crippen LogP contribution in [-0.4, -0.2) is 29.1 Å². The third-order valence-corrected chi connectivity index (χ3v) is 3.57. The first kappa shape index (κ1) is 12.2. The smallest absolute Gasteiger partial charge is 0.371 e. The minimum Gasteiger partial charge on any atom is -0.475 e. The van der Waals surface area contributed by atoms with E-state index in [1.807, 2.05) is 6.92 Å². The number of hydrogen-bond donors (Lipinski definition) is 1. The molecule has 4 heteroatoms. The fourth-order valence-corrected chi connectivity index (χ4v) is 2.41. The van der Waals surface area contributed by atoms with Crippen LogP contribution in [-0.2, 0) is 6.54 Å². The molecule has 2 heterocycles. The van der Waals surface area contributed by atoms with Crippen LogP contribution in [0.5, 0.6) is 0 Å². The van der Waals surface area contributed by atoms with Crippen LogP contribution >= 0.6 is 0 Å². The molecule has 0 aromatic carbocycles. The SMILES string of the molecule is CCC1CCN(Cc2cc(C(=O)O)oc2C)C1. The molecule has 1 aromatic rings. The molecule has 1 aliphatic heterocycles. The molecule has 0 aliphatic carbocycles. The molecule has 1 atom stereocenters. The van der Waals surface area contributed by atoms with E-state index < -0.39 is 5.97 Å². The predicted octanol–water partition coefficient (Wildman–Crippen LogP) is 2.52. The Labute approximate surface area is 101 Å². The number of likely N-dealkylation sites (tertiary alicyclic amines) is 1. The average Bonchev–Trinajstić information content (AvgIpc) is 2.87. The molecule has 94 valence electrons. The highest BCUT2D eigenvalue weighted by atomic mass is 16.4. The van der Waals surface area contributed by atoms with E-state index in [1.54, 1.807) is 6.07 Å². The number of aromatic carboxylic acids is 1. The third kappa shape index (κ3) is 2.69. The minimum absolute atomic E-state index is 0.0451. The molecule has 4 nitrogen and oxygen atoms in total. The first-order chi connectivity index (χ1) is 8.10. The van der Waals surface area contributed by atoms with Gasteiger partial charge in [0, 0.05) is 18.7 Å². The lowest BCUT2D eigenvalue weighted by molar-refractivity contribution is 0.0661. The van der Waals surface area contributed by atoms with Crippen LogP contribution in [0.4, 0.5) is 0 Å². The Hall–Kier alpha value is -1.29. The van der Waals surface area contributed by atoms with Crippen molar-refractivity contribution in [2.24, 2.45) is 5.92 Å². The Bertz CT molecular complexity index is 411. The van der Waals surface area contributed by atoms with Gasteiger partial charge >= 0.3 is 5.97 Å². The molecule has 0 radical (unpaired) electrons. The topological polar surface area (TPSA) is 53.7 Å². The summed E-state index contributed by atoms with van der Waals surface area (Å²) in [6, 6.07) is 1.65. The number of aryl methyl sites for hydroxylation is 1. The maximum Gasteiger partial charge on any atom is 0.371 e. The van der Waals surface area contributed by atoms with Crippen LogP contribution in [0.25, 0.3) is 0 Å². The van der Waals surface area contributed by atoms with E-state index in [9.17, 15) is 4.79 Å². The maximum absolute atomic E-state index is 10.8. The van der Waals surface area contributed by atoms with Crippen LogP contribution in [0.3, 0.4) is 0 Å². The summed E-state index contributed by atoms with van der Waals surface area (Å²) >= 11 is 0. The zero-order valence-electron chi connectivity index (χ0n) is 10.4.